The van der Waals surface area contributed by atoms with Crippen LogP contribution in [-0.4, -0.2) is 32.3 Å². The number of nitrogens with two attached hydrogens (primary N) is 1. The van der Waals surface area contributed by atoms with Crippen LogP contribution in [0.5, 0.6) is 11.8 Å². The topological polar surface area (TPSA) is 141 Å². The summed E-state index contributed by atoms with van der Waals surface area (Å²) in [4.78, 5) is 23.6. The van der Waals surface area contributed by atoms with Gasteiger partial charge in [0.15, 0.2) is 5.75 Å². The van der Waals surface area contributed by atoms with Crippen molar-refractivity contribution in [3.05, 3.63) is 43.0 Å². The molecule has 3 rings (SSSR count). The van der Waals surface area contributed by atoms with Gasteiger partial charge in [-0.2, -0.15) is 32.3 Å². The molecule has 0 aliphatic rings. The van der Waals surface area contributed by atoms with Crippen LogP contribution in [0, 0.1) is 13.8 Å². The highest BCUT2D eigenvalue weighted by molar-refractivity contribution is 7.79. The number of nitrogens with zero attached hydrogens (tertiary/aromatic N) is 3. The minimum absolute atomic E-state index is 0.377. The largest absolute Gasteiger partial charge is 0.467 e. The maximum Gasteiger partial charge on any atom is 0.451 e. The number of amides is 2. The molecule has 0 aliphatic carbocycles. The Balaban J connectivity index is 0.000000402. The minimum atomic E-state index is -4.87. The summed E-state index contributed by atoms with van der Waals surface area (Å²) in [6.45, 7) is 8.63. The molecule has 204 valence electrons. The first-order valence-electron chi connectivity index (χ1n) is 10.8. The molecule has 1 atom stereocenters. The number of carbonyl (C=O) groups is 1. The van der Waals surface area contributed by atoms with Gasteiger partial charge in [-0.05, 0) is 48.6 Å². The third-order valence-electron chi connectivity index (χ3n) is 4.76. The lowest BCUT2D eigenvalue weighted by atomic mass is 10.1. The van der Waals surface area contributed by atoms with Gasteiger partial charge in [0.25, 0.3) is 0 Å². The second-order valence-electron chi connectivity index (χ2n) is 7.19. The summed E-state index contributed by atoms with van der Waals surface area (Å²) in [5.41, 5.74) is 9.16. The van der Waals surface area contributed by atoms with Crippen LogP contribution in [0.2, 0.25) is 0 Å². The fourth-order valence-corrected chi connectivity index (χ4v) is 5.42. The normalized spacial score (nSPS) is 11.8. The highest BCUT2D eigenvalue weighted by Gasteiger charge is 2.36. The number of anilines is 1. The first kappa shape index (κ1) is 30.4. The Morgan fingerprint density at radius 3 is 2.24 bits per heavy atom. The molecule has 1 unspecified atom stereocenters. The summed E-state index contributed by atoms with van der Waals surface area (Å²) >= 11 is 0.907. The van der Waals surface area contributed by atoms with Gasteiger partial charge in [0.1, 0.15) is 0 Å². The zero-order chi connectivity index (χ0) is 27.8. The van der Waals surface area contributed by atoms with Crippen LogP contribution in [0.3, 0.4) is 0 Å². The van der Waals surface area contributed by atoms with Gasteiger partial charge < -0.3 is 14.7 Å². The number of nitrogens with one attached hydrogen (secondary N) is 2. The van der Waals surface area contributed by atoms with E-state index in [1.807, 2.05) is 22.3 Å². The van der Waals surface area contributed by atoms with Crippen molar-refractivity contribution in [3.8, 4) is 11.8 Å². The molecule has 2 amide bonds. The van der Waals surface area contributed by atoms with Crippen LogP contribution < -0.4 is 24.7 Å². The smallest absolute Gasteiger partial charge is 0.451 e. The summed E-state index contributed by atoms with van der Waals surface area (Å²) in [5.74, 6) is -1.91. The Bertz CT molecular complexity index is 1230. The average molecular weight is 581 g/mol. The SMILES string of the molecule is CCc1csc(C)c1CN.CCc1csc(C)c1OS(=O)NC(=O)Nc1nc(OC)nc(C(F)(F)F)n1. The second-order valence-corrected chi connectivity index (χ2v) is 10.2. The molecule has 0 bridgehead atoms. The molecule has 0 aromatic carbocycles. The highest BCUT2D eigenvalue weighted by atomic mass is 32.2. The Labute approximate surface area is 222 Å². The van der Waals surface area contributed by atoms with Crippen molar-refractivity contribution in [1.82, 2.24) is 19.7 Å². The maximum absolute atomic E-state index is 12.7. The number of hydrogen-bond donors (Lipinski definition) is 3. The number of ether oxygens (including phenoxy) is 1. The minimum Gasteiger partial charge on any atom is -0.467 e. The van der Waals surface area contributed by atoms with E-state index in [2.05, 4.69) is 38.9 Å². The van der Waals surface area contributed by atoms with E-state index in [1.165, 1.54) is 27.3 Å². The van der Waals surface area contributed by atoms with Gasteiger partial charge in [-0.3, -0.25) is 5.32 Å². The van der Waals surface area contributed by atoms with E-state index < -0.39 is 41.3 Å². The third-order valence-corrected chi connectivity index (χ3v) is 7.37. The second kappa shape index (κ2) is 13.6. The number of urea groups is 1. The Morgan fingerprint density at radius 2 is 1.70 bits per heavy atom. The van der Waals surface area contributed by atoms with Gasteiger partial charge in [0.05, 0.1) is 7.11 Å². The van der Waals surface area contributed by atoms with Gasteiger partial charge in [0, 0.05) is 21.9 Å². The van der Waals surface area contributed by atoms with Crippen LogP contribution in [0.4, 0.5) is 23.9 Å². The Morgan fingerprint density at radius 1 is 1.08 bits per heavy atom. The molecule has 16 heteroatoms. The molecule has 37 heavy (non-hydrogen) atoms. The van der Waals surface area contributed by atoms with E-state index in [1.54, 1.807) is 18.3 Å². The van der Waals surface area contributed by atoms with E-state index >= 15 is 0 Å². The van der Waals surface area contributed by atoms with Crippen molar-refractivity contribution in [3.63, 3.8) is 0 Å². The quantitative estimate of drug-likeness (QED) is 0.349. The number of rotatable bonds is 8. The molecule has 4 N–H and O–H groups in total. The number of carbonyl (C=O) groups excluding carboxylic acids is 1. The lowest BCUT2D eigenvalue weighted by Gasteiger charge is -2.10. The van der Waals surface area contributed by atoms with Crippen molar-refractivity contribution in [2.45, 2.75) is 53.3 Å². The number of thiophene rings is 2. The van der Waals surface area contributed by atoms with E-state index in [-0.39, 0.29) is 0 Å². The molecule has 0 aliphatic heterocycles. The summed E-state index contributed by atoms with van der Waals surface area (Å²) in [6.07, 6.45) is -3.13. The number of methoxy groups -OCH3 is 1. The van der Waals surface area contributed by atoms with E-state index in [0.29, 0.717) is 18.7 Å². The van der Waals surface area contributed by atoms with E-state index in [4.69, 9.17) is 9.92 Å². The predicted octanol–water partition coefficient (Wildman–Crippen LogP) is 4.69. The Hall–Kier alpha value is -2.82. The standard InChI is InChI=1S/C13H14F3N5O4S2.C8H13NS/c1-4-7-5-26-6(2)8(7)25-27(23)21-11(22)19-10-17-9(13(14,15)16)18-12(20-10)24-3;1-3-7-5-10-6(2)8(7)4-9/h5H,4H2,1-3H3,(H2,17,18,19,20,21,22);5H,3-4,9H2,1-2H3. The lowest BCUT2D eigenvalue weighted by Crippen LogP contribution is -2.33. The molecule has 3 aromatic heterocycles. The van der Waals surface area contributed by atoms with Crippen LogP contribution in [-0.2, 0) is 36.8 Å². The fourth-order valence-electron chi connectivity index (χ4n) is 2.88. The molecule has 0 spiro atoms. The summed E-state index contributed by atoms with van der Waals surface area (Å²) in [7, 11) is 1.05. The van der Waals surface area contributed by atoms with Crippen LogP contribution in [0.1, 0.15) is 46.1 Å². The molecule has 3 heterocycles. The Kier molecular flexibility index (Phi) is 11.2. The highest BCUT2D eigenvalue weighted by Crippen LogP contribution is 2.31. The molecule has 3 aromatic rings. The van der Waals surface area contributed by atoms with Gasteiger partial charge in [0.2, 0.25) is 11.8 Å². The van der Waals surface area contributed by atoms with Crippen LogP contribution >= 0.6 is 22.7 Å². The molecule has 10 nitrogen and oxygen atoms in total. The van der Waals surface area contributed by atoms with E-state index in [9.17, 15) is 22.2 Å². The first-order valence-corrected chi connectivity index (χ1v) is 13.6. The van der Waals surface area contributed by atoms with Crippen LogP contribution in [0.25, 0.3) is 0 Å². The molecular formula is C21H27F3N6O4S3. The monoisotopic (exact) mass is 580 g/mol. The van der Waals surface area contributed by atoms with E-state index in [0.717, 1.165) is 24.0 Å². The molecule has 0 saturated carbocycles. The average Bonchev–Trinajstić information content (AvgIpc) is 3.39. The van der Waals surface area contributed by atoms with Crippen molar-refractivity contribution < 1.29 is 31.1 Å². The number of halogens is 3. The van der Waals surface area contributed by atoms with Crippen molar-refractivity contribution in [2.24, 2.45) is 5.73 Å². The van der Waals surface area contributed by atoms with Gasteiger partial charge in [-0.15, -0.1) is 22.7 Å². The van der Waals surface area contributed by atoms with Crippen molar-refractivity contribution >= 4 is 45.9 Å². The number of aryl methyl sites for hydroxylation is 4. The summed E-state index contributed by atoms with van der Waals surface area (Å²) in [5, 5.41) is 5.96. The first-order chi connectivity index (χ1) is 17.4. The summed E-state index contributed by atoms with van der Waals surface area (Å²) in [6, 6.07) is -1.79. The number of hydrogen-bond acceptors (Lipinski definition) is 10. The summed E-state index contributed by atoms with van der Waals surface area (Å²) < 4.78 is 61.8. The number of alkyl halides is 3. The zero-order valence-corrected chi connectivity index (χ0v) is 23.1. The molecule has 0 saturated heterocycles. The van der Waals surface area contributed by atoms with Crippen molar-refractivity contribution in [1.29, 1.82) is 0 Å². The van der Waals surface area contributed by atoms with Crippen LogP contribution in [0.15, 0.2) is 10.8 Å². The van der Waals surface area contributed by atoms with Gasteiger partial charge in [-0.1, -0.05) is 13.8 Å². The fraction of sp³-hybridized carbons (Fsp3) is 0.429. The third kappa shape index (κ3) is 8.62. The van der Waals surface area contributed by atoms with Gasteiger partial charge >= 0.3 is 29.5 Å². The number of aromatic nitrogens is 3. The molecule has 0 fully saturated rings. The predicted molar refractivity (Wildman–Crippen MR) is 137 cm³/mol. The zero-order valence-electron chi connectivity index (χ0n) is 20.7. The molecule has 0 radical (unpaired) electrons. The van der Waals surface area contributed by atoms with Crippen molar-refractivity contribution in [2.75, 3.05) is 12.4 Å². The molecular weight excluding hydrogens is 553 g/mol. The maximum atomic E-state index is 12.7. The van der Waals surface area contributed by atoms with Gasteiger partial charge in [-0.25, -0.2) is 9.52 Å². The lowest BCUT2D eigenvalue weighted by molar-refractivity contribution is -0.145.